The SMILES string of the molecule is CC(C)(c1ccc(-c2cnc3nc(NS(C)(=O)=O)nc(N4CCOCC4)c3c2)cc1)c1cc(Cl)c(OCCCl)c(C#N)c1. The van der Waals surface area contributed by atoms with E-state index in [0.717, 1.165) is 28.5 Å². The molecule has 1 N–H and O–H groups in total. The topological polar surface area (TPSA) is 130 Å². The molecule has 0 unspecified atom stereocenters. The average Bonchev–Trinajstić information content (AvgIpc) is 2.99. The molecule has 2 aromatic heterocycles. The van der Waals surface area contributed by atoms with Crippen LogP contribution in [0.4, 0.5) is 11.8 Å². The summed E-state index contributed by atoms with van der Waals surface area (Å²) < 4.78 is 37.2. The molecule has 0 aliphatic carbocycles. The highest BCUT2D eigenvalue weighted by Crippen LogP contribution is 2.39. The van der Waals surface area contributed by atoms with Crippen molar-refractivity contribution in [3.8, 4) is 22.9 Å². The molecule has 4 aromatic rings. The Labute approximate surface area is 260 Å². The van der Waals surface area contributed by atoms with Crippen LogP contribution in [0.15, 0.2) is 48.7 Å². The number of halogens is 2. The Morgan fingerprint density at radius 3 is 2.47 bits per heavy atom. The standard InChI is InChI=1S/C30H30Cl2N6O4S/c1-30(2,23-14-20(17-33)26(25(32)16-23)42-11-8-31)22-6-4-19(5-7-22)21-15-24-27(34-18-21)35-29(37-43(3,39)40)36-28(24)38-9-12-41-13-10-38/h4-7,14-16,18H,8-13H2,1-3H3,(H,34,35,36,37). The Hall–Kier alpha value is -3.69. The van der Waals surface area contributed by atoms with Crippen LogP contribution >= 0.6 is 23.2 Å². The number of sulfonamides is 1. The summed E-state index contributed by atoms with van der Waals surface area (Å²) in [4.78, 5) is 15.5. The lowest BCUT2D eigenvalue weighted by Gasteiger charge is -2.29. The second-order valence-corrected chi connectivity index (χ2v) is 13.2. The summed E-state index contributed by atoms with van der Waals surface area (Å²) in [6.45, 7) is 6.68. The largest absolute Gasteiger partial charge is 0.489 e. The fourth-order valence-corrected chi connectivity index (χ4v) is 5.73. The first-order chi connectivity index (χ1) is 20.5. The Kier molecular flexibility index (Phi) is 8.94. The van der Waals surface area contributed by atoms with Crippen LogP contribution in [-0.2, 0) is 20.2 Å². The lowest BCUT2D eigenvalue weighted by Crippen LogP contribution is -2.37. The number of nitriles is 1. The quantitative estimate of drug-likeness (QED) is 0.240. The molecular formula is C30H30Cl2N6O4S. The molecule has 43 heavy (non-hydrogen) atoms. The van der Waals surface area contributed by atoms with Gasteiger partial charge in [0.2, 0.25) is 16.0 Å². The highest BCUT2D eigenvalue weighted by molar-refractivity contribution is 7.92. The molecule has 0 spiro atoms. The van der Waals surface area contributed by atoms with E-state index < -0.39 is 15.4 Å². The maximum atomic E-state index is 11.9. The van der Waals surface area contributed by atoms with E-state index in [9.17, 15) is 13.7 Å². The summed E-state index contributed by atoms with van der Waals surface area (Å²) in [5.74, 6) is 1.19. The Bertz CT molecular complexity index is 1800. The normalized spacial score (nSPS) is 14.0. The highest BCUT2D eigenvalue weighted by atomic mass is 35.5. The molecule has 13 heteroatoms. The number of aromatic nitrogens is 3. The molecule has 224 valence electrons. The van der Waals surface area contributed by atoms with Crippen LogP contribution in [0.2, 0.25) is 5.02 Å². The van der Waals surface area contributed by atoms with Gasteiger partial charge in [-0.3, -0.25) is 4.72 Å². The third kappa shape index (κ3) is 6.78. The number of pyridine rings is 1. The van der Waals surface area contributed by atoms with Gasteiger partial charge in [-0.2, -0.15) is 15.2 Å². The van der Waals surface area contributed by atoms with Crippen LogP contribution in [-0.4, -0.2) is 68.4 Å². The van der Waals surface area contributed by atoms with E-state index in [1.165, 1.54) is 0 Å². The van der Waals surface area contributed by atoms with Gasteiger partial charge in [-0.1, -0.05) is 49.7 Å². The number of hydrogen-bond donors (Lipinski definition) is 1. The number of ether oxygens (including phenoxy) is 2. The van der Waals surface area contributed by atoms with Crippen molar-refractivity contribution in [1.29, 1.82) is 5.26 Å². The zero-order chi connectivity index (χ0) is 30.8. The van der Waals surface area contributed by atoms with Crippen LogP contribution in [0.5, 0.6) is 5.75 Å². The average molecular weight is 642 g/mol. The van der Waals surface area contributed by atoms with Gasteiger partial charge in [-0.15, -0.1) is 11.6 Å². The number of morpholine rings is 1. The van der Waals surface area contributed by atoms with Gasteiger partial charge in [-0.25, -0.2) is 13.4 Å². The number of benzene rings is 2. The molecule has 2 aromatic carbocycles. The van der Waals surface area contributed by atoms with E-state index in [2.05, 4.69) is 39.6 Å². The third-order valence-corrected chi connectivity index (χ3v) is 8.26. The van der Waals surface area contributed by atoms with Crippen molar-refractivity contribution in [2.24, 2.45) is 0 Å². The lowest BCUT2D eigenvalue weighted by molar-refractivity contribution is 0.122. The van der Waals surface area contributed by atoms with Crippen LogP contribution in [0.3, 0.4) is 0 Å². The maximum Gasteiger partial charge on any atom is 0.240 e. The van der Waals surface area contributed by atoms with Crippen LogP contribution in [0.25, 0.3) is 22.2 Å². The van der Waals surface area contributed by atoms with E-state index in [0.29, 0.717) is 59.5 Å². The number of alkyl halides is 1. The molecule has 0 bridgehead atoms. The molecule has 1 aliphatic rings. The van der Waals surface area contributed by atoms with Crippen LogP contribution < -0.4 is 14.4 Å². The summed E-state index contributed by atoms with van der Waals surface area (Å²) in [7, 11) is -3.57. The first kappa shape index (κ1) is 30.8. The minimum absolute atomic E-state index is 0.0263. The molecule has 10 nitrogen and oxygen atoms in total. The molecule has 0 radical (unpaired) electrons. The predicted octanol–water partition coefficient (Wildman–Crippen LogP) is 5.37. The van der Waals surface area contributed by atoms with E-state index in [-0.39, 0.29) is 18.4 Å². The number of anilines is 2. The maximum absolute atomic E-state index is 11.9. The van der Waals surface area contributed by atoms with Gasteiger partial charge < -0.3 is 14.4 Å². The van der Waals surface area contributed by atoms with Crippen molar-refractivity contribution in [2.45, 2.75) is 19.3 Å². The minimum Gasteiger partial charge on any atom is -0.489 e. The number of nitrogens with zero attached hydrogens (tertiary/aromatic N) is 5. The minimum atomic E-state index is -3.57. The van der Waals surface area contributed by atoms with Gasteiger partial charge in [0.05, 0.1) is 41.3 Å². The van der Waals surface area contributed by atoms with Gasteiger partial charge in [0, 0.05) is 30.3 Å². The molecule has 3 heterocycles. The first-order valence-corrected chi connectivity index (χ1v) is 16.3. The number of rotatable bonds is 9. The fourth-order valence-electron chi connectivity index (χ4n) is 4.95. The summed E-state index contributed by atoms with van der Waals surface area (Å²) in [6, 6.07) is 15.9. The second kappa shape index (κ2) is 12.5. The Balaban J connectivity index is 1.50. The van der Waals surface area contributed by atoms with Gasteiger partial charge in [-0.05, 0) is 34.9 Å². The predicted molar refractivity (Wildman–Crippen MR) is 169 cm³/mol. The molecule has 0 saturated carbocycles. The summed E-state index contributed by atoms with van der Waals surface area (Å²) in [5.41, 5.74) is 3.95. The van der Waals surface area contributed by atoms with E-state index in [1.807, 2.05) is 41.3 Å². The molecule has 1 aliphatic heterocycles. The Morgan fingerprint density at radius 1 is 1.09 bits per heavy atom. The molecule has 0 amide bonds. The molecular weight excluding hydrogens is 611 g/mol. The van der Waals surface area contributed by atoms with Gasteiger partial charge >= 0.3 is 0 Å². The highest BCUT2D eigenvalue weighted by Gasteiger charge is 2.26. The fraction of sp³-hybridized carbons (Fsp3) is 0.333. The lowest BCUT2D eigenvalue weighted by atomic mass is 9.77. The number of fused-ring (bicyclic) bond motifs is 1. The zero-order valence-electron chi connectivity index (χ0n) is 23.9. The van der Waals surface area contributed by atoms with Crippen molar-refractivity contribution in [3.63, 3.8) is 0 Å². The zero-order valence-corrected chi connectivity index (χ0v) is 26.2. The van der Waals surface area contributed by atoms with E-state index >= 15 is 0 Å². The third-order valence-electron chi connectivity index (χ3n) is 7.27. The van der Waals surface area contributed by atoms with E-state index in [1.54, 1.807) is 12.3 Å². The number of nitrogens with one attached hydrogen (secondary N) is 1. The first-order valence-electron chi connectivity index (χ1n) is 13.5. The van der Waals surface area contributed by atoms with Gasteiger partial charge in [0.1, 0.15) is 18.5 Å². The van der Waals surface area contributed by atoms with Crippen molar-refractivity contribution in [1.82, 2.24) is 15.0 Å². The molecule has 1 fully saturated rings. The second-order valence-electron chi connectivity index (χ2n) is 10.6. The van der Waals surface area contributed by atoms with Gasteiger partial charge in [0.25, 0.3) is 0 Å². The van der Waals surface area contributed by atoms with Crippen molar-refractivity contribution >= 4 is 56.0 Å². The number of hydrogen-bond acceptors (Lipinski definition) is 9. The van der Waals surface area contributed by atoms with Crippen LogP contribution in [0.1, 0.15) is 30.5 Å². The smallest absolute Gasteiger partial charge is 0.240 e. The summed E-state index contributed by atoms with van der Waals surface area (Å²) >= 11 is 12.3. The monoisotopic (exact) mass is 640 g/mol. The summed E-state index contributed by atoms with van der Waals surface area (Å²) in [6.07, 6.45) is 2.77. The van der Waals surface area contributed by atoms with Crippen molar-refractivity contribution in [2.75, 3.05) is 54.7 Å². The Morgan fingerprint density at radius 2 is 1.81 bits per heavy atom. The van der Waals surface area contributed by atoms with Crippen LogP contribution in [0, 0.1) is 11.3 Å². The van der Waals surface area contributed by atoms with Crippen molar-refractivity contribution < 1.29 is 17.9 Å². The van der Waals surface area contributed by atoms with Gasteiger partial charge in [0.15, 0.2) is 11.4 Å². The molecule has 0 atom stereocenters. The molecule has 1 saturated heterocycles. The summed E-state index contributed by atoms with van der Waals surface area (Å²) in [5, 5.41) is 10.8. The molecule has 5 rings (SSSR count). The van der Waals surface area contributed by atoms with E-state index in [4.69, 9.17) is 32.7 Å². The van der Waals surface area contributed by atoms with Crippen molar-refractivity contribution in [3.05, 3.63) is 70.4 Å².